The van der Waals surface area contributed by atoms with Gasteiger partial charge < -0.3 is 9.16 Å². The Bertz CT molecular complexity index is 884. The maximum absolute atomic E-state index is 13.2. The van der Waals surface area contributed by atoms with E-state index >= 15 is 0 Å². The van der Waals surface area contributed by atoms with Crippen molar-refractivity contribution in [1.82, 2.24) is 14.8 Å². The molecule has 0 aromatic carbocycles. The average Bonchev–Trinajstić information content (AvgIpc) is 3.22. The lowest BCUT2D eigenvalue weighted by molar-refractivity contribution is 0.0504. The summed E-state index contributed by atoms with van der Waals surface area (Å²) in [6.45, 7) is 13.6. The molecule has 6 nitrogen and oxygen atoms in total. The maximum Gasteiger partial charge on any atom is 0.356 e. The number of hydrogen-bond donors (Lipinski definition) is 0. The molecular weight excluding hydrogens is 389 g/mol. The van der Waals surface area contributed by atoms with Gasteiger partial charge >= 0.3 is 5.97 Å². The van der Waals surface area contributed by atoms with Gasteiger partial charge in [0.15, 0.2) is 8.32 Å². The number of carbonyl (C=O) groups excluding carboxylic acids is 1. The van der Waals surface area contributed by atoms with Crippen molar-refractivity contribution in [1.29, 1.82) is 0 Å². The Morgan fingerprint density at radius 2 is 1.97 bits per heavy atom. The second-order valence-corrected chi connectivity index (χ2v) is 13.9. The fourth-order valence-corrected chi connectivity index (χ4v) is 4.62. The van der Waals surface area contributed by atoms with Crippen molar-refractivity contribution in [2.75, 3.05) is 6.61 Å². The van der Waals surface area contributed by atoms with Crippen molar-refractivity contribution in [2.24, 2.45) is 0 Å². The molecule has 0 radical (unpaired) electrons. The predicted molar refractivity (Wildman–Crippen MR) is 112 cm³/mol. The van der Waals surface area contributed by atoms with E-state index in [1.807, 2.05) is 0 Å². The highest BCUT2D eigenvalue weighted by Gasteiger charge is 2.52. The summed E-state index contributed by atoms with van der Waals surface area (Å²) in [6, 6.07) is 4.53. The number of carbonyl (C=O) groups is 1. The highest BCUT2D eigenvalue weighted by Crippen LogP contribution is 2.48. The van der Waals surface area contributed by atoms with Gasteiger partial charge in [-0.3, -0.25) is 9.67 Å². The van der Waals surface area contributed by atoms with Crippen LogP contribution in [0.2, 0.25) is 18.1 Å². The van der Waals surface area contributed by atoms with Crippen LogP contribution in [0.25, 0.3) is 11.4 Å². The normalized spacial score (nSPS) is 16.0. The van der Waals surface area contributed by atoms with E-state index in [9.17, 15) is 9.18 Å². The van der Waals surface area contributed by atoms with Crippen LogP contribution in [0, 0.1) is 5.82 Å². The van der Waals surface area contributed by atoms with E-state index in [-0.39, 0.29) is 17.2 Å². The summed E-state index contributed by atoms with van der Waals surface area (Å²) in [7, 11) is -1.97. The topological polar surface area (TPSA) is 66.2 Å². The van der Waals surface area contributed by atoms with E-state index in [1.165, 1.54) is 6.07 Å². The predicted octanol–water partition coefficient (Wildman–Crippen LogP) is 4.82. The molecule has 1 aliphatic rings. The Hall–Kier alpha value is -2.06. The zero-order chi connectivity index (χ0) is 21.4. The highest BCUT2D eigenvalue weighted by molar-refractivity contribution is 6.74. The number of nitrogens with zero attached hydrogens (tertiary/aromatic N) is 3. The molecule has 2 aromatic rings. The first-order valence-corrected chi connectivity index (χ1v) is 12.9. The van der Waals surface area contributed by atoms with Crippen LogP contribution in [-0.4, -0.2) is 41.3 Å². The third-order valence-electron chi connectivity index (χ3n) is 5.78. The zero-order valence-electron chi connectivity index (χ0n) is 18.1. The van der Waals surface area contributed by atoms with Crippen molar-refractivity contribution >= 4 is 14.3 Å². The van der Waals surface area contributed by atoms with Crippen LogP contribution in [0.3, 0.4) is 0 Å². The standard InChI is InChI=1S/C21H30FN3O3Si/c1-7-27-19(26)18-12-17(16-9-8-15(22)13-23-16)24-25(18)14-21(10-11-21)28-29(5,6)20(2,3)4/h8-9,12-13H,7,10-11,14H2,1-6H3. The van der Waals surface area contributed by atoms with E-state index in [2.05, 4.69) is 43.9 Å². The Kier molecular flexibility index (Phi) is 5.70. The zero-order valence-corrected chi connectivity index (χ0v) is 19.1. The van der Waals surface area contributed by atoms with Gasteiger partial charge in [-0.2, -0.15) is 5.10 Å². The van der Waals surface area contributed by atoms with Crippen molar-refractivity contribution < 1.29 is 18.3 Å². The first kappa shape index (κ1) is 21.6. The van der Waals surface area contributed by atoms with Gasteiger partial charge in [0, 0.05) is 6.07 Å². The van der Waals surface area contributed by atoms with Crippen LogP contribution in [0.15, 0.2) is 24.4 Å². The largest absolute Gasteiger partial charge is 0.461 e. The Labute approximate surface area is 172 Å². The molecule has 3 rings (SSSR count). The molecule has 2 aromatic heterocycles. The molecule has 29 heavy (non-hydrogen) atoms. The molecule has 0 bridgehead atoms. The monoisotopic (exact) mass is 419 g/mol. The molecule has 2 heterocycles. The maximum atomic E-state index is 13.2. The SMILES string of the molecule is CCOC(=O)c1cc(-c2ccc(F)cn2)nn1CC1(O[Si](C)(C)C(C)(C)C)CC1. The van der Waals surface area contributed by atoms with Crippen molar-refractivity contribution in [3.05, 3.63) is 35.9 Å². The van der Waals surface area contributed by atoms with E-state index in [1.54, 1.807) is 23.7 Å². The lowest BCUT2D eigenvalue weighted by Gasteiger charge is -2.39. The Morgan fingerprint density at radius 1 is 1.28 bits per heavy atom. The van der Waals surface area contributed by atoms with Gasteiger partial charge in [0.2, 0.25) is 0 Å². The fraction of sp³-hybridized carbons (Fsp3) is 0.571. The van der Waals surface area contributed by atoms with Gasteiger partial charge in [0.05, 0.1) is 30.6 Å². The molecule has 158 valence electrons. The molecule has 0 N–H and O–H groups in total. The molecule has 0 saturated heterocycles. The van der Waals surface area contributed by atoms with Crippen LogP contribution in [0.4, 0.5) is 4.39 Å². The van der Waals surface area contributed by atoms with Crippen molar-refractivity contribution in [3.63, 3.8) is 0 Å². The number of hydrogen-bond acceptors (Lipinski definition) is 5. The number of halogens is 1. The van der Waals surface area contributed by atoms with Crippen LogP contribution >= 0.6 is 0 Å². The molecule has 1 saturated carbocycles. The van der Waals surface area contributed by atoms with Crippen LogP contribution in [0.5, 0.6) is 0 Å². The lowest BCUT2D eigenvalue weighted by Crippen LogP contribution is -2.46. The minimum absolute atomic E-state index is 0.0971. The van der Waals surface area contributed by atoms with Crippen molar-refractivity contribution in [2.45, 2.75) is 70.8 Å². The molecule has 0 atom stereocenters. The van der Waals surface area contributed by atoms with Crippen LogP contribution in [-0.2, 0) is 15.7 Å². The number of aromatic nitrogens is 3. The summed E-state index contributed by atoms with van der Waals surface area (Å²) in [4.78, 5) is 16.6. The molecule has 1 aliphatic carbocycles. The summed E-state index contributed by atoms with van der Waals surface area (Å²) >= 11 is 0. The van der Waals surface area contributed by atoms with E-state index < -0.39 is 20.1 Å². The molecular formula is C21H30FN3O3Si. The quantitative estimate of drug-likeness (QED) is 0.476. The highest BCUT2D eigenvalue weighted by atomic mass is 28.4. The molecule has 0 unspecified atom stereocenters. The van der Waals surface area contributed by atoms with E-state index in [4.69, 9.17) is 9.16 Å². The van der Waals surface area contributed by atoms with Gasteiger partial charge in [-0.25, -0.2) is 9.18 Å². The summed E-state index contributed by atoms with van der Waals surface area (Å²) < 4.78 is 26.8. The fourth-order valence-electron chi connectivity index (χ4n) is 2.96. The van der Waals surface area contributed by atoms with Gasteiger partial charge in [0.1, 0.15) is 17.2 Å². The minimum atomic E-state index is -1.97. The van der Waals surface area contributed by atoms with Gasteiger partial charge in [-0.05, 0) is 50.0 Å². The van der Waals surface area contributed by atoms with Crippen LogP contribution < -0.4 is 0 Å². The first-order valence-electron chi connectivity index (χ1n) is 10.0. The number of rotatable bonds is 7. The van der Waals surface area contributed by atoms with E-state index in [0.717, 1.165) is 19.0 Å². The third kappa shape index (κ3) is 4.75. The van der Waals surface area contributed by atoms with Gasteiger partial charge in [-0.15, -0.1) is 0 Å². The molecule has 0 spiro atoms. The Balaban J connectivity index is 1.91. The van der Waals surface area contributed by atoms with Crippen LogP contribution in [0.1, 0.15) is 51.0 Å². The van der Waals surface area contributed by atoms with Gasteiger partial charge in [-0.1, -0.05) is 20.8 Å². The molecule has 1 fully saturated rings. The third-order valence-corrected chi connectivity index (χ3v) is 10.3. The second kappa shape index (κ2) is 7.64. The summed E-state index contributed by atoms with van der Waals surface area (Å²) in [5.74, 6) is -0.852. The Morgan fingerprint density at radius 3 is 2.48 bits per heavy atom. The number of pyridine rings is 1. The first-order chi connectivity index (χ1) is 13.5. The van der Waals surface area contributed by atoms with Gasteiger partial charge in [0.25, 0.3) is 0 Å². The molecule has 8 heteroatoms. The second-order valence-electron chi connectivity index (χ2n) is 9.20. The lowest BCUT2D eigenvalue weighted by atomic mass is 10.2. The van der Waals surface area contributed by atoms with E-state index in [0.29, 0.717) is 23.6 Å². The molecule has 0 amide bonds. The van der Waals surface area contributed by atoms with Crippen molar-refractivity contribution in [3.8, 4) is 11.4 Å². The summed E-state index contributed by atoms with van der Waals surface area (Å²) in [5, 5.41) is 4.69. The number of esters is 1. The summed E-state index contributed by atoms with van der Waals surface area (Å²) in [5.41, 5.74) is 1.07. The summed E-state index contributed by atoms with van der Waals surface area (Å²) in [6.07, 6.45) is 3.01. The minimum Gasteiger partial charge on any atom is -0.461 e. The number of ether oxygens (including phenoxy) is 1. The smallest absolute Gasteiger partial charge is 0.356 e. The molecule has 0 aliphatic heterocycles. The average molecular weight is 420 g/mol.